The van der Waals surface area contributed by atoms with E-state index in [1.807, 2.05) is 0 Å². The van der Waals surface area contributed by atoms with E-state index in [9.17, 15) is 49.6 Å². The molecule has 0 bridgehead atoms. The fraction of sp³-hybridized carbons (Fsp3) is 0.722. The van der Waals surface area contributed by atoms with Crippen LogP contribution in [0, 0.1) is 0 Å². The van der Waals surface area contributed by atoms with Gasteiger partial charge < -0.3 is 65.3 Å². The highest BCUT2D eigenvalue weighted by molar-refractivity contribution is 7.70. The molecule has 2 saturated heterocycles. The lowest BCUT2D eigenvalue weighted by Crippen LogP contribution is -2.61. The zero-order valence-corrected chi connectivity index (χ0v) is 22.1. The molecule has 22 heteroatoms. The molecule has 2 fully saturated rings. The van der Waals surface area contributed by atoms with Crippen molar-refractivity contribution < 1.29 is 73.2 Å². The monoisotopic (exact) mass is 617 g/mol. The number of rotatable bonds is 10. The van der Waals surface area contributed by atoms with Crippen LogP contribution in [0.1, 0.15) is 6.23 Å². The van der Waals surface area contributed by atoms with Crippen molar-refractivity contribution in [2.24, 2.45) is 0 Å². The van der Waals surface area contributed by atoms with Crippen molar-refractivity contribution in [1.82, 2.24) is 19.5 Å². The van der Waals surface area contributed by atoms with E-state index < -0.39 is 95.7 Å². The summed E-state index contributed by atoms with van der Waals surface area (Å²) in [6, 6.07) is 0. The Bertz CT molecular complexity index is 1290. The van der Waals surface area contributed by atoms with Gasteiger partial charge in [0.1, 0.15) is 60.7 Å². The summed E-state index contributed by atoms with van der Waals surface area (Å²) < 4.78 is 46.5. The maximum Gasteiger partial charge on any atom is 0.342 e. The molecule has 0 aliphatic carbocycles. The zero-order valence-electron chi connectivity index (χ0n) is 20.3. The highest BCUT2D eigenvalue weighted by Gasteiger charge is 2.50. The van der Waals surface area contributed by atoms with E-state index in [4.69, 9.17) is 29.4 Å². The minimum absolute atomic E-state index is 0.0467. The Morgan fingerprint density at radius 2 is 1.68 bits per heavy atom. The average molecular weight is 617 g/mol. The Hall–Kier alpha value is -1.71. The second-order valence-corrected chi connectivity index (χ2v) is 13.3. The smallest absolute Gasteiger partial charge is 0.342 e. The van der Waals surface area contributed by atoms with Crippen molar-refractivity contribution in [3.05, 3.63) is 12.7 Å². The molecule has 2 aromatic rings. The standard InChI is InChI=1S/C18H29N5O15P2/c19-15-8-16(21-3-20-15)23(4-22-8)17-12(29)9(26)7(36-17)2-35-39(31,32)5-40(33,34)38-18-13(30)10(27)11(28)14(37-18)6(25)1-24/h3-4,6-7,9-14,17-18,24-30H,1-2,5H2,(H,31,32)(H,33,34)(H2,19,20,21)/t6-,7-,9?,10+,11+,12+,13?,14?,17-,18+/m1/s1. The number of aromatic nitrogens is 4. The van der Waals surface area contributed by atoms with Crippen LogP contribution < -0.4 is 5.73 Å². The maximum atomic E-state index is 12.6. The Labute approximate surface area is 224 Å². The van der Waals surface area contributed by atoms with Crippen LogP contribution in [-0.2, 0) is 27.7 Å². The number of anilines is 1. The second-order valence-electron chi connectivity index (χ2n) is 9.14. The van der Waals surface area contributed by atoms with Crippen molar-refractivity contribution in [3.8, 4) is 0 Å². The largest absolute Gasteiger partial charge is 0.394 e. The lowest BCUT2D eigenvalue weighted by molar-refractivity contribution is -0.291. The topological polar surface area (TPSA) is 323 Å². The average Bonchev–Trinajstić information content (AvgIpc) is 3.43. The molecule has 11 N–H and O–H groups in total. The quantitative estimate of drug-likeness (QED) is 0.112. The van der Waals surface area contributed by atoms with Gasteiger partial charge in [0, 0.05) is 0 Å². The number of aliphatic hydroxyl groups is 7. The van der Waals surface area contributed by atoms with Crippen LogP contribution in [-0.4, -0.2) is 139 Å². The van der Waals surface area contributed by atoms with Crippen molar-refractivity contribution >= 4 is 32.2 Å². The molecule has 2 aliphatic heterocycles. The number of nitrogens with two attached hydrogens (primary N) is 1. The summed E-state index contributed by atoms with van der Waals surface area (Å²) in [6.07, 6.45) is -15.3. The summed E-state index contributed by atoms with van der Waals surface area (Å²) in [4.78, 5) is 32.1. The van der Waals surface area contributed by atoms with E-state index in [-0.39, 0.29) is 17.0 Å². The van der Waals surface area contributed by atoms with Gasteiger partial charge in [0.2, 0.25) is 0 Å². The number of nitrogens with zero attached hydrogens (tertiary/aromatic N) is 4. The first kappa shape index (κ1) is 31.2. The van der Waals surface area contributed by atoms with E-state index in [1.54, 1.807) is 0 Å². The van der Waals surface area contributed by atoms with Gasteiger partial charge in [-0.25, -0.2) is 15.0 Å². The van der Waals surface area contributed by atoms with Crippen molar-refractivity contribution in [2.75, 3.05) is 24.9 Å². The molecule has 0 spiro atoms. The van der Waals surface area contributed by atoms with E-state index in [0.717, 1.165) is 6.33 Å². The zero-order chi connectivity index (χ0) is 29.6. The summed E-state index contributed by atoms with van der Waals surface area (Å²) in [5.41, 5.74) is 6.08. The maximum absolute atomic E-state index is 12.6. The predicted molar refractivity (Wildman–Crippen MR) is 127 cm³/mol. The minimum atomic E-state index is -5.15. The van der Waals surface area contributed by atoms with Crippen LogP contribution in [0.5, 0.6) is 0 Å². The number of hydrogen-bond acceptors (Lipinski definition) is 17. The molecule has 0 aromatic carbocycles. The van der Waals surface area contributed by atoms with E-state index in [1.165, 1.54) is 10.9 Å². The second kappa shape index (κ2) is 11.9. The van der Waals surface area contributed by atoms with E-state index in [0.29, 0.717) is 0 Å². The molecule has 0 amide bonds. The highest BCUT2D eigenvalue weighted by Crippen LogP contribution is 2.59. The van der Waals surface area contributed by atoms with Crippen LogP contribution >= 0.6 is 15.2 Å². The Balaban J connectivity index is 1.38. The van der Waals surface area contributed by atoms with Crippen LogP contribution in [0.2, 0.25) is 0 Å². The van der Waals surface area contributed by atoms with Crippen LogP contribution in [0.3, 0.4) is 0 Å². The molecule has 40 heavy (non-hydrogen) atoms. The number of ether oxygens (including phenoxy) is 2. The van der Waals surface area contributed by atoms with Crippen molar-refractivity contribution in [2.45, 2.75) is 61.3 Å². The third-order valence-corrected chi connectivity index (χ3v) is 10.2. The van der Waals surface area contributed by atoms with Crippen LogP contribution in [0.15, 0.2) is 12.7 Å². The number of imidazole rings is 1. The molecule has 2 aliphatic rings. The molecule has 4 heterocycles. The molecule has 0 saturated carbocycles. The van der Waals surface area contributed by atoms with Crippen LogP contribution in [0.4, 0.5) is 5.82 Å². The summed E-state index contributed by atoms with van der Waals surface area (Å²) in [6.45, 7) is -1.79. The molecule has 5 unspecified atom stereocenters. The van der Waals surface area contributed by atoms with Crippen molar-refractivity contribution in [3.63, 3.8) is 0 Å². The van der Waals surface area contributed by atoms with Gasteiger partial charge in [0.15, 0.2) is 29.9 Å². The Morgan fingerprint density at radius 3 is 2.35 bits per heavy atom. The van der Waals surface area contributed by atoms with Gasteiger partial charge in [-0.05, 0) is 0 Å². The number of hydrogen-bond donors (Lipinski definition) is 10. The van der Waals surface area contributed by atoms with E-state index in [2.05, 4.69) is 15.0 Å². The van der Waals surface area contributed by atoms with Crippen molar-refractivity contribution in [1.29, 1.82) is 0 Å². The number of fused-ring (bicyclic) bond motifs is 1. The fourth-order valence-corrected chi connectivity index (χ4v) is 7.47. The lowest BCUT2D eigenvalue weighted by atomic mass is 9.96. The number of aliphatic hydroxyl groups excluding tert-OH is 7. The molecular formula is C18H29N5O15P2. The normalized spacial score (nSPS) is 36.8. The molecule has 12 atom stereocenters. The molecule has 226 valence electrons. The third kappa shape index (κ3) is 6.36. The van der Waals surface area contributed by atoms with Gasteiger partial charge in [0.25, 0.3) is 0 Å². The Kier molecular flexibility index (Phi) is 9.28. The van der Waals surface area contributed by atoms with E-state index >= 15 is 0 Å². The summed E-state index contributed by atoms with van der Waals surface area (Å²) in [7, 11) is -10.2. The van der Waals surface area contributed by atoms with Gasteiger partial charge in [0.05, 0.1) is 19.5 Å². The lowest BCUT2D eigenvalue weighted by Gasteiger charge is -2.41. The number of nitrogen functional groups attached to an aromatic ring is 1. The first-order valence-electron chi connectivity index (χ1n) is 11.6. The highest BCUT2D eigenvalue weighted by atomic mass is 31.2. The molecule has 4 rings (SSSR count). The van der Waals surface area contributed by atoms with Gasteiger partial charge in [-0.1, -0.05) is 0 Å². The van der Waals surface area contributed by atoms with Gasteiger partial charge in [-0.2, -0.15) is 0 Å². The molecular weight excluding hydrogens is 588 g/mol. The van der Waals surface area contributed by atoms with Gasteiger partial charge in [-0.3, -0.25) is 18.2 Å². The van der Waals surface area contributed by atoms with Gasteiger partial charge >= 0.3 is 15.2 Å². The fourth-order valence-electron chi connectivity index (χ4n) is 4.19. The van der Waals surface area contributed by atoms with Gasteiger partial charge in [-0.15, -0.1) is 0 Å². The predicted octanol–water partition coefficient (Wildman–Crippen LogP) is -4.45. The summed E-state index contributed by atoms with van der Waals surface area (Å²) in [5.74, 6) is -1.51. The molecule has 2 aromatic heterocycles. The molecule has 20 nitrogen and oxygen atoms in total. The first-order chi connectivity index (χ1) is 18.7. The first-order valence-corrected chi connectivity index (χ1v) is 15.1. The minimum Gasteiger partial charge on any atom is -0.394 e. The SMILES string of the molecule is Nc1ncnc2c1ncn2[C@@H]1O[C@H](COP(=O)(O)CP(=O)(O)O[C@@H]2OC([C@H](O)CO)[C@@H](O)[C@H](O)C2O)C(O)[C@@H]1O. The van der Waals surface area contributed by atoms with Crippen LogP contribution in [0.25, 0.3) is 11.2 Å². The third-order valence-electron chi connectivity index (χ3n) is 6.24. The Morgan fingerprint density at radius 1 is 0.975 bits per heavy atom. The summed E-state index contributed by atoms with van der Waals surface area (Å²) in [5, 5.41) is 69.5. The summed E-state index contributed by atoms with van der Waals surface area (Å²) >= 11 is 0. The molecule has 0 radical (unpaired) electrons.